The summed E-state index contributed by atoms with van der Waals surface area (Å²) < 4.78 is 0.985. The molecule has 2 aromatic carbocycles. The van der Waals surface area contributed by atoms with Crippen LogP contribution < -0.4 is 0 Å². The molecule has 0 spiro atoms. The Bertz CT molecular complexity index is 671. The van der Waals surface area contributed by atoms with Gasteiger partial charge in [0.2, 0.25) is 0 Å². The topological polar surface area (TPSA) is 43.1 Å². The van der Waals surface area contributed by atoms with Gasteiger partial charge in [0.25, 0.3) is 5.69 Å². The van der Waals surface area contributed by atoms with Gasteiger partial charge in [-0.25, -0.2) is 0 Å². The number of hydrogen-bond donors (Lipinski definition) is 0. The van der Waals surface area contributed by atoms with Crippen molar-refractivity contribution in [2.75, 3.05) is 0 Å². The van der Waals surface area contributed by atoms with Crippen molar-refractivity contribution in [1.82, 2.24) is 0 Å². The number of rotatable bonds is 2. The van der Waals surface area contributed by atoms with E-state index >= 15 is 0 Å². The smallest absolute Gasteiger partial charge is 0.258 e. The monoisotopic (exact) mass is 339 g/mol. The van der Waals surface area contributed by atoms with Crippen molar-refractivity contribution in [1.29, 1.82) is 0 Å². The standard InChI is InChI=1S/C14H11BrClNO2/c1-8-9(2)13(15)5-4-11(8)12-7-10(16)3-6-14(12)17(18)19/h3-7H,1-2H3. The molecule has 2 aromatic rings. The molecule has 0 atom stereocenters. The van der Waals surface area contributed by atoms with Gasteiger partial charge in [0.05, 0.1) is 10.5 Å². The van der Waals surface area contributed by atoms with Crippen LogP contribution in [0.4, 0.5) is 5.69 Å². The quantitative estimate of drug-likeness (QED) is 0.550. The van der Waals surface area contributed by atoms with Crippen LogP contribution >= 0.6 is 27.5 Å². The molecule has 98 valence electrons. The number of benzene rings is 2. The minimum absolute atomic E-state index is 0.0641. The number of nitro benzene ring substituents is 1. The molecule has 0 radical (unpaired) electrons. The lowest BCUT2D eigenvalue weighted by Gasteiger charge is -2.11. The molecule has 0 aliphatic rings. The zero-order valence-corrected chi connectivity index (χ0v) is 12.7. The maximum Gasteiger partial charge on any atom is 0.277 e. The molecule has 0 amide bonds. The van der Waals surface area contributed by atoms with Gasteiger partial charge in [-0.3, -0.25) is 10.1 Å². The second-order valence-corrected chi connectivity index (χ2v) is 5.55. The second-order valence-electron chi connectivity index (χ2n) is 4.26. The minimum atomic E-state index is -0.386. The van der Waals surface area contributed by atoms with Gasteiger partial charge >= 0.3 is 0 Å². The lowest BCUT2D eigenvalue weighted by molar-refractivity contribution is -0.384. The largest absolute Gasteiger partial charge is 0.277 e. The Balaban J connectivity index is 2.75. The first-order chi connectivity index (χ1) is 8.91. The molecular weight excluding hydrogens is 330 g/mol. The van der Waals surface area contributed by atoms with Crippen LogP contribution in [-0.4, -0.2) is 4.92 Å². The fraction of sp³-hybridized carbons (Fsp3) is 0.143. The average molecular weight is 341 g/mol. The fourth-order valence-electron chi connectivity index (χ4n) is 1.96. The van der Waals surface area contributed by atoms with Crippen LogP contribution in [0.3, 0.4) is 0 Å². The van der Waals surface area contributed by atoms with Gasteiger partial charge in [-0.15, -0.1) is 0 Å². The summed E-state index contributed by atoms with van der Waals surface area (Å²) in [5.74, 6) is 0. The highest BCUT2D eigenvalue weighted by Gasteiger charge is 2.18. The van der Waals surface area contributed by atoms with Crippen LogP contribution in [0, 0.1) is 24.0 Å². The van der Waals surface area contributed by atoms with E-state index in [1.54, 1.807) is 6.07 Å². The molecule has 0 aliphatic heterocycles. The van der Waals surface area contributed by atoms with E-state index in [-0.39, 0.29) is 10.6 Å². The first-order valence-electron chi connectivity index (χ1n) is 5.62. The van der Waals surface area contributed by atoms with Crippen LogP contribution in [0.15, 0.2) is 34.8 Å². The van der Waals surface area contributed by atoms with Gasteiger partial charge in [0.15, 0.2) is 0 Å². The Hall–Kier alpha value is -1.39. The van der Waals surface area contributed by atoms with Crippen LogP contribution in [0.25, 0.3) is 11.1 Å². The first-order valence-corrected chi connectivity index (χ1v) is 6.79. The summed E-state index contributed by atoms with van der Waals surface area (Å²) in [5, 5.41) is 11.6. The zero-order chi connectivity index (χ0) is 14.2. The molecule has 5 heteroatoms. The number of halogens is 2. The van der Waals surface area contributed by atoms with E-state index in [1.807, 2.05) is 26.0 Å². The summed E-state index contributed by atoms with van der Waals surface area (Å²) in [6.45, 7) is 3.92. The van der Waals surface area contributed by atoms with Crippen molar-refractivity contribution < 1.29 is 4.92 Å². The van der Waals surface area contributed by atoms with Crippen molar-refractivity contribution in [2.24, 2.45) is 0 Å². The summed E-state index contributed by atoms with van der Waals surface area (Å²) in [5.41, 5.74) is 3.50. The van der Waals surface area contributed by atoms with E-state index in [9.17, 15) is 10.1 Å². The highest BCUT2D eigenvalue weighted by atomic mass is 79.9. The van der Waals surface area contributed by atoms with Gasteiger partial charge in [-0.1, -0.05) is 33.6 Å². The highest BCUT2D eigenvalue weighted by Crippen LogP contribution is 2.36. The SMILES string of the molecule is Cc1c(Br)ccc(-c2cc(Cl)ccc2[N+](=O)[O-])c1C. The Labute approximate surface area is 124 Å². The van der Waals surface area contributed by atoms with Crippen LogP contribution in [0.1, 0.15) is 11.1 Å². The van der Waals surface area contributed by atoms with Crippen molar-refractivity contribution in [3.63, 3.8) is 0 Å². The van der Waals surface area contributed by atoms with Gasteiger partial charge in [0, 0.05) is 15.6 Å². The summed E-state index contributed by atoms with van der Waals surface area (Å²) >= 11 is 9.42. The maximum absolute atomic E-state index is 11.1. The van der Waals surface area contributed by atoms with E-state index in [0.29, 0.717) is 10.6 Å². The van der Waals surface area contributed by atoms with Crippen LogP contribution in [0.5, 0.6) is 0 Å². The van der Waals surface area contributed by atoms with E-state index < -0.39 is 0 Å². The van der Waals surface area contributed by atoms with Crippen molar-refractivity contribution in [2.45, 2.75) is 13.8 Å². The molecule has 0 saturated carbocycles. The van der Waals surface area contributed by atoms with Crippen LogP contribution in [-0.2, 0) is 0 Å². The third-order valence-corrected chi connectivity index (χ3v) is 4.26. The third-order valence-electron chi connectivity index (χ3n) is 3.17. The Morgan fingerprint density at radius 2 is 1.79 bits per heavy atom. The van der Waals surface area contributed by atoms with Gasteiger partial charge in [0.1, 0.15) is 0 Å². The van der Waals surface area contributed by atoms with Gasteiger partial charge in [-0.2, -0.15) is 0 Å². The van der Waals surface area contributed by atoms with E-state index in [2.05, 4.69) is 15.9 Å². The van der Waals surface area contributed by atoms with Crippen molar-refractivity contribution in [3.05, 3.63) is 61.1 Å². The van der Waals surface area contributed by atoms with Crippen molar-refractivity contribution in [3.8, 4) is 11.1 Å². The predicted octanol–water partition coefficient (Wildman–Crippen LogP) is 5.29. The highest BCUT2D eigenvalue weighted by molar-refractivity contribution is 9.10. The number of nitrogens with zero attached hydrogens (tertiary/aromatic N) is 1. The van der Waals surface area contributed by atoms with E-state index in [0.717, 1.165) is 21.2 Å². The minimum Gasteiger partial charge on any atom is -0.258 e. The summed E-state index contributed by atoms with van der Waals surface area (Å²) in [7, 11) is 0. The summed E-state index contributed by atoms with van der Waals surface area (Å²) in [4.78, 5) is 10.7. The molecule has 0 N–H and O–H groups in total. The normalized spacial score (nSPS) is 10.5. The molecule has 3 nitrogen and oxygen atoms in total. The maximum atomic E-state index is 11.1. The lowest BCUT2D eigenvalue weighted by atomic mass is 9.96. The third kappa shape index (κ3) is 2.65. The molecule has 19 heavy (non-hydrogen) atoms. The lowest BCUT2D eigenvalue weighted by Crippen LogP contribution is -1.95. The van der Waals surface area contributed by atoms with Gasteiger partial charge < -0.3 is 0 Å². The molecule has 0 heterocycles. The summed E-state index contributed by atoms with van der Waals surface area (Å²) in [6, 6.07) is 8.36. The molecule has 0 aliphatic carbocycles. The molecule has 0 unspecified atom stereocenters. The van der Waals surface area contributed by atoms with E-state index in [1.165, 1.54) is 12.1 Å². The molecular formula is C14H11BrClNO2. The number of nitro groups is 1. The van der Waals surface area contributed by atoms with Crippen molar-refractivity contribution >= 4 is 33.2 Å². The Morgan fingerprint density at radius 3 is 2.42 bits per heavy atom. The summed E-state index contributed by atoms with van der Waals surface area (Å²) in [6.07, 6.45) is 0. The molecule has 0 aromatic heterocycles. The predicted molar refractivity (Wildman–Crippen MR) is 80.7 cm³/mol. The van der Waals surface area contributed by atoms with Crippen LogP contribution in [0.2, 0.25) is 5.02 Å². The molecule has 0 fully saturated rings. The molecule has 0 saturated heterocycles. The fourth-order valence-corrected chi connectivity index (χ4v) is 2.56. The molecule has 0 bridgehead atoms. The van der Waals surface area contributed by atoms with Gasteiger partial charge in [-0.05, 0) is 48.7 Å². The Morgan fingerprint density at radius 1 is 1.11 bits per heavy atom. The molecule has 2 rings (SSSR count). The number of hydrogen-bond acceptors (Lipinski definition) is 2. The first kappa shape index (κ1) is 14.0. The van der Waals surface area contributed by atoms with E-state index in [4.69, 9.17) is 11.6 Å². The zero-order valence-electron chi connectivity index (χ0n) is 10.4. The Kier molecular flexibility index (Phi) is 3.92. The average Bonchev–Trinajstić information content (AvgIpc) is 2.35. The second kappa shape index (κ2) is 5.31.